The first-order valence-electron chi connectivity index (χ1n) is 8.16. The minimum absolute atomic E-state index is 0.200. The molecule has 0 radical (unpaired) electrons. The molecule has 126 valence electrons. The largest absolute Gasteiger partial charge is 0.289 e. The van der Waals surface area contributed by atoms with Gasteiger partial charge in [-0.3, -0.25) is 9.88 Å². The van der Waals surface area contributed by atoms with Gasteiger partial charge in [0.2, 0.25) is 0 Å². The fourth-order valence-electron chi connectivity index (χ4n) is 3.19. The first-order valence-corrected chi connectivity index (χ1v) is 8.54. The van der Waals surface area contributed by atoms with Gasteiger partial charge in [-0.1, -0.05) is 29.8 Å². The lowest BCUT2D eigenvalue weighted by molar-refractivity contribution is 0.270. The van der Waals surface area contributed by atoms with Crippen LogP contribution in [0.5, 0.6) is 0 Å². The molecular weight excluding hydrogens is 337 g/mol. The summed E-state index contributed by atoms with van der Waals surface area (Å²) in [6, 6.07) is 11.3. The van der Waals surface area contributed by atoms with E-state index in [0.29, 0.717) is 17.3 Å². The van der Waals surface area contributed by atoms with E-state index in [-0.39, 0.29) is 5.82 Å². The van der Waals surface area contributed by atoms with E-state index < -0.39 is 0 Å². The first kappa shape index (κ1) is 16.2. The molecule has 3 heterocycles. The molecule has 0 unspecified atom stereocenters. The van der Waals surface area contributed by atoms with E-state index in [1.54, 1.807) is 18.5 Å². The first-order chi connectivity index (χ1) is 12.1. The van der Waals surface area contributed by atoms with E-state index in [4.69, 9.17) is 11.6 Å². The zero-order chi connectivity index (χ0) is 17.4. The van der Waals surface area contributed by atoms with Gasteiger partial charge in [0, 0.05) is 43.2 Å². The van der Waals surface area contributed by atoms with E-state index in [2.05, 4.69) is 20.9 Å². The molecule has 0 aliphatic carbocycles. The summed E-state index contributed by atoms with van der Waals surface area (Å²) in [5, 5.41) is 0.475. The molecule has 25 heavy (non-hydrogen) atoms. The summed E-state index contributed by atoms with van der Waals surface area (Å²) in [5.41, 5.74) is 5.55. The van der Waals surface area contributed by atoms with Crippen molar-refractivity contribution in [3.05, 3.63) is 82.1 Å². The Hall–Kier alpha value is -2.30. The maximum atomic E-state index is 14.6. The molecule has 0 saturated heterocycles. The van der Waals surface area contributed by atoms with Crippen molar-refractivity contribution < 1.29 is 4.39 Å². The van der Waals surface area contributed by atoms with Crippen LogP contribution >= 0.6 is 11.6 Å². The maximum Gasteiger partial charge on any atom is 0.131 e. The Balaban J connectivity index is 1.54. The Kier molecular flexibility index (Phi) is 4.24. The monoisotopic (exact) mass is 353 g/mol. The Labute approximate surface area is 151 Å². The fourth-order valence-corrected chi connectivity index (χ4v) is 3.29. The van der Waals surface area contributed by atoms with Gasteiger partial charge >= 0.3 is 0 Å². The number of aromatic nitrogens is 2. The number of rotatable bonds is 3. The average molecular weight is 354 g/mol. The van der Waals surface area contributed by atoms with E-state index in [9.17, 15) is 4.39 Å². The predicted molar refractivity (Wildman–Crippen MR) is 96.6 cm³/mol. The zero-order valence-electron chi connectivity index (χ0n) is 13.8. The molecule has 3 aromatic rings. The Bertz CT molecular complexity index is 917. The van der Waals surface area contributed by atoms with Gasteiger partial charge in [0.25, 0.3) is 0 Å². The van der Waals surface area contributed by atoms with Crippen LogP contribution in [0.25, 0.3) is 11.1 Å². The van der Waals surface area contributed by atoms with Crippen molar-refractivity contribution in [2.45, 2.75) is 26.6 Å². The Morgan fingerprint density at radius 1 is 1.12 bits per heavy atom. The normalized spacial score (nSPS) is 13.9. The predicted octanol–water partition coefficient (Wildman–Crippen LogP) is 4.76. The second-order valence-corrected chi connectivity index (χ2v) is 6.75. The SMILES string of the molecule is Cc1cc(-c2ccc(CN3Cc4cccnc4C3)c(F)c2)cnc1Cl. The smallest absolute Gasteiger partial charge is 0.131 e. The van der Waals surface area contributed by atoms with Crippen molar-refractivity contribution in [1.82, 2.24) is 14.9 Å². The number of aryl methyl sites for hydroxylation is 1. The summed E-state index contributed by atoms with van der Waals surface area (Å²) in [4.78, 5) is 10.7. The molecule has 5 heteroatoms. The quantitative estimate of drug-likeness (QED) is 0.636. The summed E-state index contributed by atoms with van der Waals surface area (Å²) in [6.45, 7) is 4.03. The van der Waals surface area contributed by atoms with Gasteiger partial charge in [-0.15, -0.1) is 0 Å². The molecule has 2 aromatic heterocycles. The molecular formula is C20H17ClFN3. The van der Waals surface area contributed by atoms with Crippen LogP contribution in [0.15, 0.2) is 48.8 Å². The molecule has 4 rings (SSSR count). The molecule has 3 nitrogen and oxygen atoms in total. The van der Waals surface area contributed by atoms with Crippen LogP contribution in [-0.2, 0) is 19.6 Å². The number of pyridine rings is 2. The van der Waals surface area contributed by atoms with Crippen molar-refractivity contribution >= 4 is 11.6 Å². The van der Waals surface area contributed by atoms with Gasteiger partial charge in [-0.25, -0.2) is 9.37 Å². The number of benzene rings is 1. The summed E-state index contributed by atoms with van der Waals surface area (Å²) < 4.78 is 14.6. The molecule has 0 bridgehead atoms. The van der Waals surface area contributed by atoms with Gasteiger partial charge in [0.05, 0.1) is 5.69 Å². The van der Waals surface area contributed by atoms with Gasteiger partial charge in [-0.2, -0.15) is 0 Å². The molecule has 1 aromatic carbocycles. The molecule has 1 aliphatic heterocycles. The van der Waals surface area contributed by atoms with E-state index in [1.807, 2.05) is 31.2 Å². The highest BCUT2D eigenvalue weighted by Gasteiger charge is 2.20. The lowest BCUT2D eigenvalue weighted by Crippen LogP contribution is -2.16. The number of fused-ring (bicyclic) bond motifs is 1. The third kappa shape index (κ3) is 3.28. The molecule has 0 atom stereocenters. The van der Waals surface area contributed by atoms with Crippen molar-refractivity contribution in [3.8, 4) is 11.1 Å². The minimum Gasteiger partial charge on any atom is -0.289 e. The van der Waals surface area contributed by atoms with Crippen LogP contribution in [0.4, 0.5) is 4.39 Å². The molecule has 0 saturated carbocycles. The fraction of sp³-hybridized carbons (Fsp3) is 0.200. The van der Waals surface area contributed by atoms with Crippen molar-refractivity contribution in [3.63, 3.8) is 0 Å². The van der Waals surface area contributed by atoms with Crippen LogP contribution in [0.1, 0.15) is 22.4 Å². The van der Waals surface area contributed by atoms with Gasteiger partial charge < -0.3 is 0 Å². The molecule has 0 spiro atoms. The number of hydrogen-bond donors (Lipinski definition) is 0. The summed E-state index contributed by atoms with van der Waals surface area (Å²) in [5.74, 6) is -0.200. The van der Waals surface area contributed by atoms with Gasteiger partial charge in [-0.05, 0) is 41.8 Å². The van der Waals surface area contributed by atoms with E-state index >= 15 is 0 Å². The maximum absolute atomic E-state index is 14.6. The molecule has 0 N–H and O–H groups in total. The van der Waals surface area contributed by atoms with Crippen LogP contribution in [0.2, 0.25) is 5.15 Å². The summed E-state index contributed by atoms with van der Waals surface area (Å²) >= 11 is 5.96. The topological polar surface area (TPSA) is 29.0 Å². The third-order valence-corrected chi connectivity index (χ3v) is 4.94. The van der Waals surface area contributed by atoms with Gasteiger partial charge in [0.1, 0.15) is 11.0 Å². The number of nitrogens with zero attached hydrogens (tertiary/aromatic N) is 3. The molecule has 0 amide bonds. The van der Waals surface area contributed by atoms with Crippen LogP contribution in [0.3, 0.4) is 0 Å². The second kappa shape index (κ2) is 6.54. The van der Waals surface area contributed by atoms with Crippen molar-refractivity contribution in [2.24, 2.45) is 0 Å². The third-order valence-electron chi connectivity index (χ3n) is 4.55. The molecule has 1 aliphatic rings. The standard InChI is InChI=1S/C20H17ClFN3/c1-13-7-17(9-24-20(13)21)14-4-5-15(18(22)8-14)10-25-11-16-3-2-6-23-19(16)12-25/h2-9H,10-12H2,1H3. The van der Waals surface area contributed by atoms with Crippen LogP contribution < -0.4 is 0 Å². The van der Waals surface area contributed by atoms with E-state index in [0.717, 1.165) is 35.5 Å². The van der Waals surface area contributed by atoms with Crippen LogP contribution in [0, 0.1) is 12.7 Å². The zero-order valence-corrected chi connectivity index (χ0v) is 14.6. The highest BCUT2D eigenvalue weighted by Crippen LogP contribution is 2.27. The highest BCUT2D eigenvalue weighted by atomic mass is 35.5. The van der Waals surface area contributed by atoms with Crippen molar-refractivity contribution in [2.75, 3.05) is 0 Å². The number of halogens is 2. The molecule has 0 fully saturated rings. The second-order valence-electron chi connectivity index (χ2n) is 6.39. The van der Waals surface area contributed by atoms with Gasteiger partial charge in [0.15, 0.2) is 0 Å². The number of hydrogen-bond acceptors (Lipinski definition) is 3. The minimum atomic E-state index is -0.200. The Morgan fingerprint density at radius 2 is 2.00 bits per heavy atom. The lowest BCUT2D eigenvalue weighted by Gasteiger charge is -2.15. The lowest BCUT2D eigenvalue weighted by atomic mass is 10.0. The highest BCUT2D eigenvalue weighted by molar-refractivity contribution is 6.30. The average Bonchev–Trinajstić information content (AvgIpc) is 3.01. The van der Waals surface area contributed by atoms with Crippen LogP contribution in [-0.4, -0.2) is 14.9 Å². The Morgan fingerprint density at radius 3 is 2.76 bits per heavy atom. The summed E-state index contributed by atoms with van der Waals surface area (Å²) in [6.07, 6.45) is 3.48. The summed E-state index contributed by atoms with van der Waals surface area (Å²) in [7, 11) is 0. The van der Waals surface area contributed by atoms with Crippen molar-refractivity contribution in [1.29, 1.82) is 0 Å². The van der Waals surface area contributed by atoms with E-state index in [1.165, 1.54) is 5.56 Å².